The lowest BCUT2D eigenvalue weighted by Crippen LogP contribution is -2.08. The molecule has 4 N–H and O–H groups in total. The molecule has 3 nitrogen and oxygen atoms in total. The van der Waals surface area contributed by atoms with Crippen molar-refractivity contribution < 1.29 is 4.79 Å². The molecule has 3 heteroatoms. The first-order chi connectivity index (χ1) is 5.18. The van der Waals surface area contributed by atoms with Crippen LogP contribution in [0.2, 0.25) is 0 Å². The molecule has 0 rings (SSSR count). The Labute approximate surface area is 69.1 Å². The zero-order valence-electron chi connectivity index (χ0n) is 7.60. The van der Waals surface area contributed by atoms with E-state index in [1.54, 1.807) is 0 Å². The quantitative estimate of drug-likeness (QED) is 0.644. The van der Waals surface area contributed by atoms with Crippen LogP contribution in [0.4, 0.5) is 0 Å². The molecule has 0 heterocycles. The Bertz CT molecular complexity index is 82.2. The molecule has 0 saturated carbocycles. The van der Waals surface area contributed by atoms with E-state index in [0.29, 0.717) is 6.42 Å². The molecule has 11 heavy (non-hydrogen) atoms. The second-order valence-electron chi connectivity index (χ2n) is 2.36. The van der Waals surface area contributed by atoms with Gasteiger partial charge < -0.3 is 11.5 Å². The Kier molecular flexibility index (Phi) is 14.4. The molecular weight excluding hydrogens is 140 g/mol. The summed E-state index contributed by atoms with van der Waals surface area (Å²) < 4.78 is 0. The average Bonchev–Trinajstić information content (AvgIpc) is 1.90. The number of nitrogens with two attached hydrogens (primary N) is 2. The van der Waals surface area contributed by atoms with Gasteiger partial charge in [0.25, 0.3) is 0 Å². The van der Waals surface area contributed by atoms with Gasteiger partial charge in [-0.25, -0.2) is 0 Å². The molecule has 0 aliphatic rings. The van der Waals surface area contributed by atoms with E-state index in [-0.39, 0.29) is 5.91 Å². The molecule has 0 aromatic carbocycles. The Morgan fingerprint density at radius 2 is 1.82 bits per heavy atom. The first-order valence-corrected chi connectivity index (χ1v) is 4.17. The summed E-state index contributed by atoms with van der Waals surface area (Å²) in [7, 11) is 0. The van der Waals surface area contributed by atoms with Crippen LogP contribution in [0.25, 0.3) is 0 Å². The molecule has 0 spiro atoms. The Balaban J connectivity index is 0. The van der Waals surface area contributed by atoms with Crippen LogP contribution in [0.15, 0.2) is 0 Å². The summed E-state index contributed by atoms with van der Waals surface area (Å²) in [6.45, 7) is 4.90. The number of primary amides is 1. The summed E-state index contributed by atoms with van der Waals surface area (Å²) in [6, 6.07) is 0. The number of hydrogen-bond acceptors (Lipinski definition) is 2. The lowest BCUT2D eigenvalue weighted by molar-refractivity contribution is -0.118. The molecule has 68 valence electrons. The van der Waals surface area contributed by atoms with Gasteiger partial charge in [-0.15, -0.1) is 0 Å². The van der Waals surface area contributed by atoms with E-state index >= 15 is 0 Å². The normalized spacial score (nSPS) is 8.27. The highest BCUT2D eigenvalue weighted by molar-refractivity contribution is 5.73. The highest BCUT2D eigenvalue weighted by atomic mass is 16.1. The van der Waals surface area contributed by atoms with Crippen molar-refractivity contribution in [3.8, 4) is 0 Å². The van der Waals surface area contributed by atoms with Crippen LogP contribution in [0.5, 0.6) is 0 Å². The standard InChI is InChI=1S/C4H9NO.C4H11N/c1-2-3-4(5)6;1-2-3-4-5/h2-3H2,1H3,(H2,5,6);2-5H2,1H3. The van der Waals surface area contributed by atoms with Crippen molar-refractivity contribution in [2.45, 2.75) is 39.5 Å². The predicted octanol–water partition coefficient (Wildman–Crippen LogP) is 1.02. The van der Waals surface area contributed by atoms with Gasteiger partial charge in [0.15, 0.2) is 0 Å². The van der Waals surface area contributed by atoms with E-state index in [1.807, 2.05) is 6.92 Å². The average molecular weight is 160 g/mol. The lowest BCUT2D eigenvalue weighted by atomic mass is 10.3. The van der Waals surface area contributed by atoms with Gasteiger partial charge in [-0.05, 0) is 19.4 Å². The fourth-order valence-corrected chi connectivity index (χ4v) is 0.451. The highest BCUT2D eigenvalue weighted by Crippen LogP contribution is 1.79. The molecule has 0 unspecified atom stereocenters. The second-order valence-corrected chi connectivity index (χ2v) is 2.36. The van der Waals surface area contributed by atoms with E-state index in [2.05, 4.69) is 6.92 Å². The summed E-state index contributed by atoms with van der Waals surface area (Å²) in [5.41, 5.74) is 9.90. The maximum absolute atomic E-state index is 9.82. The summed E-state index contributed by atoms with van der Waals surface area (Å²) in [5, 5.41) is 0. The topological polar surface area (TPSA) is 69.1 Å². The first-order valence-electron chi connectivity index (χ1n) is 4.17. The predicted molar refractivity (Wildman–Crippen MR) is 48.1 cm³/mol. The molecule has 0 saturated heterocycles. The Morgan fingerprint density at radius 1 is 1.27 bits per heavy atom. The van der Waals surface area contributed by atoms with E-state index in [0.717, 1.165) is 13.0 Å². The fraction of sp³-hybridized carbons (Fsp3) is 0.875. The molecule has 0 aliphatic carbocycles. The van der Waals surface area contributed by atoms with Gasteiger partial charge in [-0.2, -0.15) is 0 Å². The van der Waals surface area contributed by atoms with Crippen LogP contribution in [-0.2, 0) is 4.79 Å². The molecular formula is C8H20N2O. The van der Waals surface area contributed by atoms with Crippen LogP contribution < -0.4 is 11.5 Å². The Morgan fingerprint density at radius 3 is 1.82 bits per heavy atom. The number of rotatable bonds is 4. The van der Waals surface area contributed by atoms with Crippen molar-refractivity contribution >= 4 is 5.91 Å². The fourth-order valence-electron chi connectivity index (χ4n) is 0.451. The summed E-state index contributed by atoms with van der Waals surface area (Å²) >= 11 is 0. The van der Waals surface area contributed by atoms with Crippen molar-refractivity contribution in [3.05, 3.63) is 0 Å². The third kappa shape index (κ3) is 26.5. The number of hydrogen-bond donors (Lipinski definition) is 2. The summed E-state index contributed by atoms with van der Waals surface area (Å²) in [5.74, 6) is -0.211. The summed E-state index contributed by atoms with van der Waals surface area (Å²) in [6.07, 6.45) is 3.76. The lowest BCUT2D eigenvalue weighted by Gasteiger charge is -1.81. The van der Waals surface area contributed by atoms with Crippen molar-refractivity contribution in [1.29, 1.82) is 0 Å². The number of amides is 1. The van der Waals surface area contributed by atoms with Gasteiger partial charge in [-0.1, -0.05) is 20.3 Å². The van der Waals surface area contributed by atoms with Crippen LogP contribution in [-0.4, -0.2) is 12.5 Å². The smallest absolute Gasteiger partial charge is 0.217 e. The van der Waals surface area contributed by atoms with Crippen LogP contribution in [0.3, 0.4) is 0 Å². The van der Waals surface area contributed by atoms with Gasteiger partial charge in [-0.3, -0.25) is 4.79 Å². The first kappa shape index (κ1) is 13.1. The number of carbonyl (C=O) groups is 1. The molecule has 0 atom stereocenters. The summed E-state index contributed by atoms with van der Waals surface area (Å²) in [4.78, 5) is 9.82. The van der Waals surface area contributed by atoms with E-state index in [4.69, 9.17) is 11.5 Å². The van der Waals surface area contributed by atoms with E-state index in [1.165, 1.54) is 12.8 Å². The molecule has 0 bridgehead atoms. The van der Waals surface area contributed by atoms with Crippen molar-refractivity contribution in [1.82, 2.24) is 0 Å². The maximum Gasteiger partial charge on any atom is 0.217 e. The number of carbonyl (C=O) groups excluding carboxylic acids is 1. The highest BCUT2D eigenvalue weighted by Gasteiger charge is 1.84. The van der Waals surface area contributed by atoms with Crippen LogP contribution in [0.1, 0.15) is 39.5 Å². The minimum absolute atomic E-state index is 0.211. The van der Waals surface area contributed by atoms with Gasteiger partial charge in [0.2, 0.25) is 5.91 Å². The second kappa shape index (κ2) is 12.1. The van der Waals surface area contributed by atoms with Crippen LogP contribution in [0, 0.1) is 0 Å². The van der Waals surface area contributed by atoms with Gasteiger partial charge >= 0.3 is 0 Å². The zero-order chi connectivity index (χ0) is 9.11. The van der Waals surface area contributed by atoms with E-state index in [9.17, 15) is 4.79 Å². The third-order valence-corrected chi connectivity index (χ3v) is 1.05. The van der Waals surface area contributed by atoms with Crippen LogP contribution >= 0.6 is 0 Å². The van der Waals surface area contributed by atoms with E-state index < -0.39 is 0 Å². The molecule has 0 fully saturated rings. The maximum atomic E-state index is 9.82. The van der Waals surface area contributed by atoms with Gasteiger partial charge in [0.05, 0.1) is 0 Å². The van der Waals surface area contributed by atoms with Crippen molar-refractivity contribution in [2.24, 2.45) is 11.5 Å². The largest absolute Gasteiger partial charge is 0.370 e. The van der Waals surface area contributed by atoms with Crippen molar-refractivity contribution in [2.75, 3.05) is 6.54 Å². The molecule has 0 aromatic heterocycles. The molecule has 0 aromatic rings. The minimum atomic E-state index is -0.211. The zero-order valence-corrected chi connectivity index (χ0v) is 7.60. The van der Waals surface area contributed by atoms with Crippen molar-refractivity contribution in [3.63, 3.8) is 0 Å². The molecule has 1 amide bonds. The van der Waals surface area contributed by atoms with Gasteiger partial charge in [0, 0.05) is 6.42 Å². The van der Waals surface area contributed by atoms with Gasteiger partial charge in [0.1, 0.15) is 0 Å². The SMILES string of the molecule is CCCC(N)=O.CCCCN. The number of unbranched alkanes of at least 4 members (excludes halogenated alkanes) is 1. The minimum Gasteiger partial charge on any atom is -0.370 e. The Hall–Kier alpha value is -0.570. The molecule has 0 aliphatic heterocycles. The third-order valence-electron chi connectivity index (χ3n) is 1.05. The molecule has 0 radical (unpaired) electrons. The monoisotopic (exact) mass is 160 g/mol.